The zero-order valence-corrected chi connectivity index (χ0v) is 18.6. The van der Waals surface area contributed by atoms with E-state index in [1.807, 2.05) is 19.1 Å². The second-order valence-electron chi connectivity index (χ2n) is 6.45. The smallest absolute Gasteiger partial charge is 0.266 e. The molecule has 1 N–H and O–H groups in total. The normalized spacial score (nSPS) is 14.9. The number of hydrogen-bond donors (Lipinski definition) is 1. The molecule has 0 spiro atoms. The van der Waals surface area contributed by atoms with Crippen LogP contribution < -0.4 is 10.1 Å². The van der Waals surface area contributed by atoms with E-state index >= 15 is 0 Å². The Labute approximate surface area is 189 Å². The average Bonchev–Trinajstić information content (AvgIpc) is 2.97. The quantitative estimate of drug-likeness (QED) is 0.357. The number of thiocarbonyl (C=S) groups is 1. The summed E-state index contributed by atoms with van der Waals surface area (Å²) in [7, 11) is 0. The van der Waals surface area contributed by atoms with Crippen LogP contribution in [0.25, 0.3) is 6.08 Å². The Kier molecular flexibility index (Phi) is 7.31. The molecule has 0 atom stereocenters. The Morgan fingerprint density at radius 2 is 2.13 bits per heavy atom. The molecule has 30 heavy (non-hydrogen) atoms. The summed E-state index contributed by atoms with van der Waals surface area (Å²) in [5.74, 6) is 0.0758. The molecule has 3 rings (SSSR count). The van der Waals surface area contributed by atoms with E-state index in [0.29, 0.717) is 32.2 Å². The number of carbonyl (C=O) groups excluding carboxylic acids is 2. The molecule has 2 amide bonds. The molecule has 0 saturated carbocycles. The third-order valence-electron chi connectivity index (χ3n) is 4.18. The van der Waals surface area contributed by atoms with Crippen LogP contribution in [0.2, 0.25) is 5.02 Å². The number of thioether (sulfide) groups is 1. The van der Waals surface area contributed by atoms with Crippen molar-refractivity contribution in [3.8, 4) is 5.75 Å². The average molecular weight is 459 g/mol. The van der Waals surface area contributed by atoms with E-state index in [-0.39, 0.29) is 18.4 Å². The van der Waals surface area contributed by atoms with Gasteiger partial charge in [-0.25, -0.2) is 0 Å². The zero-order chi connectivity index (χ0) is 21.7. The first kappa shape index (κ1) is 22.1. The molecule has 1 heterocycles. The molecule has 2 aromatic carbocycles. The van der Waals surface area contributed by atoms with Crippen molar-refractivity contribution in [2.75, 3.05) is 18.5 Å². The van der Waals surface area contributed by atoms with E-state index in [4.69, 9.17) is 28.6 Å². The van der Waals surface area contributed by atoms with Gasteiger partial charge in [-0.2, -0.15) is 0 Å². The maximum absolute atomic E-state index is 12.4. The molecule has 0 bridgehead atoms. The molecule has 0 unspecified atom stereocenters. The van der Waals surface area contributed by atoms with Crippen LogP contribution in [-0.2, 0) is 9.59 Å². The summed E-state index contributed by atoms with van der Waals surface area (Å²) >= 11 is 12.5. The van der Waals surface area contributed by atoms with Gasteiger partial charge < -0.3 is 10.1 Å². The largest absolute Gasteiger partial charge is 0.484 e. The molecule has 1 fully saturated rings. The van der Waals surface area contributed by atoms with E-state index < -0.39 is 0 Å². The van der Waals surface area contributed by atoms with Crippen molar-refractivity contribution in [1.82, 2.24) is 4.90 Å². The second kappa shape index (κ2) is 9.93. The fourth-order valence-electron chi connectivity index (χ4n) is 2.70. The summed E-state index contributed by atoms with van der Waals surface area (Å²) in [6, 6.07) is 12.4. The number of hydrogen-bond acceptors (Lipinski definition) is 5. The maximum atomic E-state index is 12.4. The van der Waals surface area contributed by atoms with Crippen LogP contribution in [0.3, 0.4) is 0 Å². The number of benzene rings is 2. The first-order valence-corrected chi connectivity index (χ1v) is 10.6. The topological polar surface area (TPSA) is 58.6 Å². The minimum absolute atomic E-state index is 0.146. The van der Waals surface area contributed by atoms with Gasteiger partial charge in [0.1, 0.15) is 10.1 Å². The van der Waals surface area contributed by atoms with Crippen LogP contribution in [-0.4, -0.2) is 34.2 Å². The molecule has 154 valence electrons. The van der Waals surface area contributed by atoms with Crippen LogP contribution in [0.1, 0.15) is 11.1 Å². The highest BCUT2D eigenvalue weighted by Gasteiger charge is 2.30. The SMILES string of the molecule is C=CCN1C(=O)/C(=C/c2cccc(OCC(=O)Nc3cc(Cl)ccc3C)c2)SC1=S. The highest BCUT2D eigenvalue weighted by molar-refractivity contribution is 8.26. The first-order chi connectivity index (χ1) is 14.4. The van der Waals surface area contributed by atoms with Gasteiger partial charge >= 0.3 is 0 Å². The Morgan fingerprint density at radius 3 is 2.90 bits per heavy atom. The van der Waals surface area contributed by atoms with Crippen LogP contribution >= 0.6 is 35.6 Å². The molecule has 1 aliphatic heterocycles. The minimum Gasteiger partial charge on any atom is -0.484 e. The van der Waals surface area contributed by atoms with Crippen molar-refractivity contribution in [1.29, 1.82) is 0 Å². The predicted octanol–water partition coefficient (Wildman–Crippen LogP) is 5.05. The van der Waals surface area contributed by atoms with Crippen LogP contribution in [0, 0.1) is 6.92 Å². The fourth-order valence-corrected chi connectivity index (χ4v) is 4.14. The lowest BCUT2D eigenvalue weighted by Crippen LogP contribution is -2.27. The standard InChI is InChI=1S/C22H19ClN2O3S2/c1-3-9-25-21(27)19(30-22(25)29)11-15-5-4-6-17(10-15)28-13-20(26)24-18-12-16(23)8-7-14(18)2/h3-8,10-12H,1,9,13H2,2H3,(H,24,26)/b19-11-. The van der Waals surface area contributed by atoms with Gasteiger partial charge in [-0.15, -0.1) is 6.58 Å². The number of rotatable bonds is 7. The van der Waals surface area contributed by atoms with Gasteiger partial charge in [0, 0.05) is 17.3 Å². The summed E-state index contributed by atoms with van der Waals surface area (Å²) in [6.45, 7) is 5.75. The summed E-state index contributed by atoms with van der Waals surface area (Å²) < 4.78 is 6.11. The van der Waals surface area contributed by atoms with Crippen molar-refractivity contribution in [3.63, 3.8) is 0 Å². The van der Waals surface area contributed by atoms with Gasteiger partial charge in [-0.1, -0.05) is 59.9 Å². The Hall–Kier alpha value is -2.61. The lowest BCUT2D eigenvalue weighted by atomic mass is 10.2. The van der Waals surface area contributed by atoms with Crippen molar-refractivity contribution in [3.05, 3.63) is 76.2 Å². The minimum atomic E-state index is -0.295. The number of halogens is 1. The van der Waals surface area contributed by atoms with Gasteiger partial charge in [0.05, 0.1) is 4.91 Å². The summed E-state index contributed by atoms with van der Waals surface area (Å²) in [5.41, 5.74) is 2.33. The lowest BCUT2D eigenvalue weighted by molar-refractivity contribution is -0.121. The number of ether oxygens (including phenoxy) is 1. The Balaban J connectivity index is 1.64. The highest BCUT2D eigenvalue weighted by atomic mass is 35.5. The number of nitrogens with zero attached hydrogens (tertiary/aromatic N) is 1. The predicted molar refractivity (Wildman–Crippen MR) is 127 cm³/mol. The van der Waals surface area contributed by atoms with Crippen LogP contribution in [0.4, 0.5) is 5.69 Å². The van der Waals surface area contributed by atoms with Gasteiger partial charge in [0.15, 0.2) is 6.61 Å². The van der Waals surface area contributed by atoms with E-state index in [9.17, 15) is 9.59 Å². The van der Waals surface area contributed by atoms with Crippen molar-refractivity contribution >= 4 is 63.5 Å². The fraction of sp³-hybridized carbons (Fsp3) is 0.136. The monoisotopic (exact) mass is 458 g/mol. The number of nitrogens with one attached hydrogen (secondary N) is 1. The summed E-state index contributed by atoms with van der Waals surface area (Å²) in [4.78, 5) is 26.7. The van der Waals surface area contributed by atoms with E-state index in [1.54, 1.807) is 42.5 Å². The summed E-state index contributed by atoms with van der Waals surface area (Å²) in [5, 5.41) is 3.33. The molecule has 8 heteroatoms. The Bertz CT molecular complexity index is 1050. The molecular formula is C22H19ClN2O3S2. The van der Waals surface area contributed by atoms with Gasteiger partial charge in [-0.05, 0) is 48.4 Å². The lowest BCUT2D eigenvalue weighted by Gasteiger charge is -2.11. The number of anilines is 1. The number of carbonyl (C=O) groups is 2. The van der Waals surface area contributed by atoms with Gasteiger partial charge in [0.2, 0.25) is 0 Å². The van der Waals surface area contributed by atoms with Crippen LogP contribution in [0.15, 0.2) is 60.0 Å². The van der Waals surface area contributed by atoms with Crippen molar-refractivity contribution in [2.45, 2.75) is 6.92 Å². The van der Waals surface area contributed by atoms with E-state index in [1.165, 1.54) is 16.7 Å². The molecule has 0 aromatic heterocycles. The summed E-state index contributed by atoms with van der Waals surface area (Å²) in [6.07, 6.45) is 3.39. The molecular weight excluding hydrogens is 440 g/mol. The van der Waals surface area contributed by atoms with E-state index in [0.717, 1.165) is 11.1 Å². The first-order valence-electron chi connectivity index (χ1n) is 9.02. The van der Waals surface area contributed by atoms with Crippen molar-refractivity contribution in [2.24, 2.45) is 0 Å². The molecule has 1 saturated heterocycles. The molecule has 1 aliphatic rings. The third kappa shape index (κ3) is 5.50. The molecule has 0 radical (unpaired) electrons. The van der Waals surface area contributed by atoms with Gasteiger partial charge in [0.25, 0.3) is 11.8 Å². The van der Waals surface area contributed by atoms with Crippen molar-refractivity contribution < 1.29 is 14.3 Å². The van der Waals surface area contributed by atoms with Gasteiger partial charge in [-0.3, -0.25) is 14.5 Å². The maximum Gasteiger partial charge on any atom is 0.266 e. The second-order valence-corrected chi connectivity index (χ2v) is 8.56. The van der Waals surface area contributed by atoms with E-state index in [2.05, 4.69) is 11.9 Å². The highest BCUT2D eigenvalue weighted by Crippen LogP contribution is 2.32. The zero-order valence-electron chi connectivity index (χ0n) is 16.2. The Morgan fingerprint density at radius 1 is 1.33 bits per heavy atom. The molecule has 5 nitrogen and oxygen atoms in total. The molecule has 0 aliphatic carbocycles. The third-order valence-corrected chi connectivity index (χ3v) is 5.80. The number of amides is 2. The molecule has 2 aromatic rings. The van der Waals surface area contributed by atoms with Crippen LogP contribution in [0.5, 0.6) is 5.75 Å². The number of aryl methyl sites for hydroxylation is 1.